The second-order valence-corrected chi connectivity index (χ2v) is 4.83. The molecule has 1 unspecified atom stereocenters. The number of hydrogen-bond acceptors (Lipinski definition) is 5. The van der Waals surface area contributed by atoms with Crippen molar-refractivity contribution in [2.24, 2.45) is 0 Å². The molecule has 2 saturated heterocycles. The first kappa shape index (κ1) is 12.5. The van der Waals surface area contributed by atoms with Crippen LogP contribution in [0.2, 0.25) is 0 Å². The highest BCUT2D eigenvalue weighted by molar-refractivity contribution is 6.11. The normalized spacial score (nSPS) is 27.1. The van der Waals surface area contributed by atoms with Crippen LogP contribution in [0.25, 0.3) is 0 Å². The van der Waals surface area contributed by atoms with Gasteiger partial charge in [-0.15, -0.1) is 0 Å². The highest BCUT2D eigenvalue weighted by Gasteiger charge is 2.55. The van der Waals surface area contributed by atoms with Crippen molar-refractivity contribution in [2.45, 2.75) is 31.2 Å². The maximum Gasteiger partial charge on any atom is 0.259 e. The Morgan fingerprint density at radius 1 is 1.10 bits per heavy atom. The summed E-state index contributed by atoms with van der Waals surface area (Å²) in [6.45, 7) is 0. The van der Waals surface area contributed by atoms with E-state index in [2.05, 4.69) is 15.5 Å². The van der Waals surface area contributed by atoms with E-state index in [-0.39, 0.29) is 25.7 Å². The molecule has 0 saturated carbocycles. The molecule has 1 aromatic heterocycles. The molecule has 8 heteroatoms. The molecule has 2 aliphatic rings. The maximum atomic E-state index is 12.4. The summed E-state index contributed by atoms with van der Waals surface area (Å²) in [5.41, 5.74) is -1.15. The molecule has 2 N–H and O–H groups in total. The van der Waals surface area contributed by atoms with Crippen LogP contribution in [0, 0.1) is 0 Å². The Bertz CT molecular complexity index is 593. The van der Waals surface area contributed by atoms with Crippen LogP contribution in [0.3, 0.4) is 0 Å². The first-order valence-corrected chi connectivity index (χ1v) is 6.26. The molecule has 1 atom stereocenters. The van der Waals surface area contributed by atoms with Crippen molar-refractivity contribution in [2.75, 3.05) is 0 Å². The lowest BCUT2D eigenvalue weighted by Gasteiger charge is -2.40. The van der Waals surface area contributed by atoms with Gasteiger partial charge in [0.2, 0.25) is 17.7 Å². The number of piperidine rings is 1. The van der Waals surface area contributed by atoms with Crippen LogP contribution in [0.1, 0.15) is 31.4 Å². The minimum Gasteiger partial charge on any atom is -0.294 e. The van der Waals surface area contributed by atoms with Crippen molar-refractivity contribution in [1.29, 1.82) is 0 Å². The Hall–Kier alpha value is -2.51. The predicted octanol–water partition coefficient (Wildman–Crippen LogP) is -0.809. The van der Waals surface area contributed by atoms with E-state index >= 15 is 0 Å². The van der Waals surface area contributed by atoms with Gasteiger partial charge in [-0.05, 0) is 12.5 Å². The molecule has 4 amide bonds. The zero-order valence-corrected chi connectivity index (χ0v) is 10.5. The summed E-state index contributed by atoms with van der Waals surface area (Å²) in [5, 5.41) is 8.63. The van der Waals surface area contributed by atoms with E-state index in [0.717, 1.165) is 4.90 Å². The number of imide groups is 2. The van der Waals surface area contributed by atoms with Gasteiger partial charge in [0, 0.05) is 25.5 Å². The third-order valence-electron chi connectivity index (χ3n) is 3.72. The number of aromatic nitrogens is 2. The summed E-state index contributed by atoms with van der Waals surface area (Å²) < 4.78 is 0. The number of amides is 4. The maximum absolute atomic E-state index is 12.4. The van der Waals surface area contributed by atoms with Crippen LogP contribution in [0.5, 0.6) is 0 Å². The first-order chi connectivity index (χ1) is 9.55. The monoisotopic (exact) mass is 276 g/mol. The van der Waals surface area contributed by atoms with E-state index in [1.54, 1.807) is 0 Å². The summed E-state index contributed by atoms with van der Waals surface area (Å²) in [6, 6.07) is 1.54. The minimum atomic E-state index is -1.49. The lowest BCUT2D eigenvalue weighted by atomic mass is 9.84. The van der Waals surface area contributed by atoms with Crippen LogP contribution >= 0.6 is 0 Å². The smallest absolute Gasteiger partial charge is 0.259 e. The summed E-state index contributed by atoms with van der Waals surface area (Å²) in [6.07, 6.45) is 1.72. The third-order valence-corrected chi connectivity index (χ3v) is 3.72. The van der Waals surface area contributed by atoms with Gasteiger partial charge in [-0.3, -0.25) is 34.5 Å². The molecule has 0 aromatic carbocycles. The van der Waals surface area contributed by atoms with Gasteiger partial charge in [-0.25, -0.2) is 0 Å². The molecule has 3 heterocycles. The van der Waals surface area contributed by atoms with Crippen molar-refractivity contribution in [3.8, 4) is 0 Å². The fourth-order valence-electron chi connectivity index (χ4n) is 2.78. The van der Waals surface area contributed by atoms with Crippen molar-refractivity contribution >= 4 is 23.6 Å². The minimum absolute atomic E-state index is 0.0574. The number of nitrogens with zero attached hydrogens (tertiary/aromatic N) is 2. The van der Waals surface area contributed by atoms with E-state index in [0.29, 0.717) is 5.69 Å². The lowest BCUT2D eigenvalue weighted by molar-refractivity contribution is -0.159. The number of aromatic amines is 1. The number of carbonyl (C=O) groups is 4. The van der Waals surface area contributed by atoms with Crippen LogP contribution in [0.4, 0.5) is 0 Å². The molecule has 2 fully saturated rings. The molecular weight excluding hydrogens is 264 g/mol. The van der Waals surface area contributed by atoms with Gasteiger partial charge < -0.3 is 0 Å². The second-order valence-electron chi connectivity index (χ2n) is 4.83. The molecule has 0 aliphatic carbocycles. The Morgan fingerprint density at radius 3 is 2.35 bits per heavy atom. The molecule has 8 nitrogen and oxygen atoms in total. The number of rotatable bonds is 2. The van der Waals surface area contributed by atoms with Crippen LogP contribution in [-0.2, 0) is 24.7 Å². The highest BCUT2D eigenvalue weighted by atomic mass is 16.2. The molecule has 0 radical (unpaired) electrons. The molecule has 104 valence electrons. The van der Waals surface area contributed by atoms with Crippen LogP contribution in [0.15, 0.2) is 12.3 Å². The number of H-pyrrole nitrogens is 1. The molecular formula is C12H12N4O4. The second kappa shape index (κ2) is 4.26. The zero-order chi connectivity index (χ0) is 14.3. The lowest BCUT2D eigenvalue weighted by Crippen LogP contribution is -2.62. The van der Waals surface area contributed by atoms with Gasteiger partial charge >= 0.3 is 0 Å². The standard InChI is InChI=1S/C12H12N4O4/c17-8-3-5-12(11(20)14-8,7-4-6-13-15-7)16-9(18)1-2-10(16)19/h4,6H,1-3,5H2,(H,13,15)(H,14,17,20). The SMILES string of the molecule is O=C1CCC(c2ccn[nH]2)(N2C(=O)CCC2=O)C(=O)N1. The average molecular weight is 276 g/mol. The molecule has 1 aromatic rings. The van der Waals surface area contributed by atoms with E-state index in [1.165, 1.54) is 12.3 Å². The van der Waals surface area contributed by atoms with Gasteiger partial charge in [-0.1, -0.05) is 0 Å². The average Bonchev–Trinajstić information content (AvgIpc) is 3.03. The third kappa shape index (κ3) is 1.57. The summed E-state index contributed by atoms with van der Waals surface area (Å²) in [5.74, 6) is -1.89. The Kier molecular flexibility index (Phi) is 2.66. The fourth-order valence-corrected chi connectivity index (χ4v) is 2.78. The van der Waals surface area contributed by atoms with Crippen molar-refractivity contribution in [3.05, 3.63) is 18.0 Å². The molecule has 3 rings (SSSR count). The van der Waals surface area contributed by atoms with E-state index in [9.17, 15) is 19.2 Å². The highest BCUT2D eigenvalue weighted by Crippen LogP contribution is 2.38. The van der Waals surface area contributed by atoms with Crippen molar-refractivity contribution in [1.82, 2.24) is 20.4 Å². The number of carbonyl (C=O) groups excluding carboxylic acids is 4. The van der Waals surface area contributed by atoms with E-state index in [1.807, 2.05) is 0 Å². The van der Waals surface area contributed by atoms with Crippen molar-refractivity contribution < 1.29 is 19.2 Å². The first-order valence-electron chi connectivity index (χ1n) is 6.26. The van der Waals surface area contributed by atoms with Gasteiger partial charge in [0.15, 0.2) is 5.54 Å². The molecule has 0 bridgehead atoms. The van der Waals surface area contributed by atoms with E-state index < -0.39 is 29.2 Å². The summed E-state index contributed by atoms with van der Waals surface area (Å²) in [4.78, 5) is 48.7. The zero-order valence-electron chi connectivity index (χ0n) is 10.5. The molecule has 2 aliphatic heterocycles. The van der Waals surface area contributed by atoms with Gasteiger partial charge in [-0.2, -0.15) is 5.10 Å². The van der Waals surface area contributed by atoms with Crippen molar-refractivity contribution in [3.63, 3.8) is 0 Å². The summed E-state index contributed by atoms with van der Waals surface area (Å²) >= 11 is 0. The molecule has 0 spiro atoms. The van der Waals surface area contributed by atoms with Gasteiger partial charge in [0.25, 0.3) is 5.91 Å². The number of likely N-dealkylation sites (tertiary alicyclic amines) is 1. The van der Waals surface area contributed by atoms with Gasteiger partial charge in [0.1, 0.15) is 0 Å². The molecule has 20 heavy (non-hydrogen) atoms. The Labute approximate surface area is 113 Å². The predicted molar refractivity (Wildman–Crippen MR) is 63.7 cm³/mol. The largest absolute Gasteiger partial charge is 0.294 e. The van der Waals surface area contributed by atoms with Gasteiger partial charge in [0.05, 0.1) is 5.69 Å². The number of nitrogens with one attached hydrogen (secondary N) is 2. The van der Waals surface area contributed by atoms with E-state index in [4.69, 9.17) is 0 Å². The quantitative estimate of drug-likeness (QED) is 0.686. The number of hydrogen-bond donors (Lipinski definition) is 2. The van der Waals surface area contributed by atoms with Crippen LogP contribution < -0.4 is 5.32 Å². The van der Waals surface area contributed by atoms with Crippen LogP contribution in [-0.4, -0.2) is 38.7 Å². The Morgan fingerprint density at radius 2 is 1.80 bits per heavy atom. The topological polar surface area (TPSA) is 112 Å². The fraction of sp³-hybridized carbons (Fsp3) is 0.417. The Balaban J connectivity index is 2.14. The summed E-state index contributed by atoms with van der Waals surface area (Å²) in [7, 11) is 0.